The summed E-state index contributed by atoms with van der Waals surface area (Å²) in [7, 11) is 0. The highest BCUT2D eigenvalue weighted by molar-refractivity contribution is 7.14. The molecule has 0 spiro atoms. The number of rotatable bonds is 3. The van der Waals surface area contributed by atoms with Crippen LogP contribution in [0.5, 0.6) is 0 Å². The molecule has 0 aliphatic heterocycles. The number of aliphatic carboxylic acids is 1. The molecule has 0 radical (unpaired) electrons. The summed E-state index contributed by atoms with van der Waals surface area (Å²) in [5.41, 5.74) is 6.90. The first-order valence-corrected chi connectivity index (χ1v) is 8.33. The van der Waals surface area contributed by atoms with E-state index in [1.54, 1.807) is 6.92 Å². The van der Waals surface area contributed by atoms with E-state index < -0.39 is 24.0 Å². The Hall–Kier alpha value is -2.10. The van der Waals surface area contributed by atoms with Crippen molar-refractivity contribution in [2.45, 2.75) is 44.2 Å². The average Bonchev–Trinajstić information content (AvgIpc) is 3.18. The van der Waals surface area contributed by atoms with Gasteiger partial charge in [-0.3, -0.25) is 4.79 Å². The van der Waals surface area contributed by atoms with Crippen LogP contribution in [0.1, 0.15) is 68.5 Å². The monoisotopic (exact) mass is 379 g/mol. The molecule has 0 saturated heterocycles. The number of ether oxygens (including phenoxy) is 1. The van der Waals surface area contributed by atoms with E-state index in [0.717, 1.165) is 18.4 Å². The van der Waals surface area contributed by atoms with E-state index in [4.69, 9.17) is 20.4 Å². The summed E-state index contributed by atoms with van der Waals surface area (Å²) < 4.78 is 36.8. The molecule has 2 aliphatic rings. The van der Waals surface area contributed by atoms with Gasteiger partial charge >= 0.3 is 18.1 Å². The van der Waals surface area contributed by atoms with Crippen molar-refractivity contribution in [1.82, 2.24) is 0 Å². The topological polar surface area (TPSA) is 107 Å². The van der Waals surface area contributed by atoms with Crippen molar-refractivity contribution in [2.24, 2.45) is 5.73 Å². The lowest BCUT2D eigenvalue weighted by atomic mass is 9.94. The van der Waals surface area contributed by atoms with Gasteiger partial charge in [-0.15, -0.1) is 11.3 Å². The first kappa shape index (κ1) is 19.2. The average molecular weight is 379 g/mol. The third-order valence-corrected chi connectivity index (χ3v) is 5.51. The van der Waals surface area contributed by atoms with Gasteiger partial charge in [0.2, 0.25) is 0 Å². The van der Waals surface area contributed by atoms with Crippen LogP contribution in [0.25, 0.3) is 0 Å². The molecule has 25 heavy (non-hydrogen) atoms. The molecule has 2 aliphatic carbocycles. The number of hydrogen-bond acceptors (Lipinski definition) is 5. The van der Waals surface area contributed by atoms with E-state index in [0.29, 0.717) is 28.9 Å². The molecule has 2 bridgehead atoms. The number of carboxylic acid groups (broad SMARTS) is 1. The van der Waals surface area contributed by atoms with Crippen molar-refractivity contribution < 1.29 is 37.4 Å². The van der Waals surface area contributed by atoms with E-state index >= 15 is 0 Å². The lowest BCUT2D eigenvalue weighted by molar-refractivity contribution is -0.192. The third-order valence-electron chi connectivity index (χ3n) is 4.13. The molecule has 1 saturated carbocycles. The number of primary amides is 1. The molecule has 1 aromatic rings. The highest BCUT2D eigenvalue weighted by Gasteiger charge is 2.43. The minimum atomic E-state index is -5.08. The molecule has 1 amide bonds. The molecule has 0 aromatic carbocycles. The number of carbonyl (C=O) groups excluding carboxylic acids is 2. The molecule has 138 valence electrons. The zero-order valence-corrected chi connectivity index (χ0v) is 14.0. The van der Waals surface area contributed by atoms with Crippen molar-refractivity contribution in [3.63, 3.8) is 0 Å². The second kappa shape index (κ2) is 7.03. The Kier molecular flexibility index (Phi) is 5.40. The first-order chi connectivity index (χ1) is 11.6. The molecule has 1 aromatic heterocycles. The van der Waals surface area contributed by atoms with Gasteiger partial charge in [-0.2, -0.15) is 13.2 Å². The van der Waals surface area contributed by atoms with Crippen LogP contribution < -0.4 is 5.73 Å². The summed E-state index contributed by atoms with van der Waals surface area (Å²) in [6.07, 6.45) is -1.69. The van der Waals surface area contributed by atoms with E-state index in [9.17, 15) is 22.8 Å². The maximum absolute atomic E-state index is 12.0. The Morgan fingerprint density at radius 2 is 1.84 bits per heavy atom. The van der Waals surface area contributed by atoms with Gasteiger partial charge in [0.05, 0.1) is 12.2 Å². The van der Waals surface area contributed by atoms with Crippen LogP contribution in [0.2, 0.25) is 0 Å². The Morgan fingerprint density at radius 3 is 2.32 bits per heavy atom. The van der Waals surface area contributed by atoms with Gasteiger partial charge in [0.1, 0.15) is 4.88 Å². The second-order valence-electron chi connectivity index (χ2n) is 5.68. The minimum Gasteiger partial charge on any atom is -0.475 e. The number of fused-ring (bicyclic) bond motifs is 5. The number of amides is 1. The SMILES string of the molecule is CCOC(=O)c1c(C(N)=O)sc2c1C1CCC2C1.O=C(O)C(F)(F)F. The largest absolute Gasteiger partial charge is 0.490 e. The van der Waals surface area contributed by atoms with Crippen molar-refractivity contribution in [3.05, 3.63) is 20.9 Å². The van der Waals surface area contributed by atoms with Gasteiger partial charge < -0.3 is 15.6 Å². The molecule has 6 nitrogen and oxygen atoms in total. The van der Waals surface area contributed by atoms with E-state index in [1.165, 1.54) is 22.6 Å². The Balaban J connectivity index is 0.000000277. The lowest BCUT2D eigenvalue weighted by Crippen LogP contribution is -2.21. The zero-order chi connectivity index (χ0) is 18.9. The van der Waals surface area contributed by atoms with Crippen molar-refractivity contribution in [3.8, 4) is 0 Å². The molecule has 1 heterocycles. The summed E-state index contributed by atoms with van der Waals surface area (Å²) in [5, 5.41) is 7.12. The van der Waals surface area contributed by atoms with Gasteiger partial charge in [0.25, 0.3) is 5.91 Å². The summed E-state index contributed by atoms with van der Waals surface area (Å²) in [4.78, 5) is 34.0. The van der Waals surface area contributed by atoms with Gasteiger partial charge in [-0.05, 0) is 43.6 Å². The van der Waals surface area contributed by atoms with Crippen molar-refractivity contribution in [1.29, 1.82) is 0 Å². The zero-order valence-electron chi connectivity index (χ0n) is 13.2. The number of alkyl halides is 3. The van der Waals surface area contributed by atoms with Crippen LogP contribution in [-0.4, -0.2) is 35.7 Å². The summed E-state index contributed by atoms with van der Waals surface area (Å²) in [6.45, 7) is 2.08. The molecular weight excluding hydrogens is 363 g/mol. The fraction of sp³-hybridized carbons (Fsp3) is 0.533. The molecule has 3 N–H and O–H groups in total. The van der Waals surface area contributed by atoms with E-state index in [1.807, 2.05) is 0 Å². The number of esters is 1. The normalized spacial score (nSPS) is 20.5. The van der Waals surface area contributed by atoms with E-state index in [2.05, 4.69) is 0 Å². The molecular formula is C15H16F3NO5S. The predicted molar refractivity (Wildman–Crippen MR) is 81.8 cm³/mol. The Bertz CT molecular complexity index is 713. The smallest absolute Gasteiger partial charge is 0.475 e. The van der Waals surface area contributed by atoms with E-state index in [-0.39, 0.29) is 0 Å². The van der Waals surface area contributed by atoms with Gasteiger partial charge in [-0.1, -0.05) is 0 Å². The molecule has 2 atom stereocenters. The number of carbonyl (C=O) groups is 3. The fourth-order valence-corrected chi connectivity index (χ4v) is 4.61. The van der Waals surface area contributed by atoms with Gasteiger partial charge in [0, 0.05) is 4.88 Å². The summed E-state index contributed by atoms with van der Waals surface area (Å²) in [5.74, 6) is -2.72. The maximum atomic E-state index is 12.0. The summed E-state index contributed by atoms with van der Waals surface area (Å²) >= 11 is 1.40. The predicted octanol–water partition coefficient (Wildman–Crippen LogP) is 3.02. The Morgan fingerprint density at radius 1 is 1.28 bits per heavy atom. The minimum absolute atomic E-state index is 0.315. The van der Waals surface area contributed by atoms with Crippen LogP contribution >= 0.6 is 11.3 Å². The third kappa shape index (κ3) is 3.78. The highest BCUT2D eigenvalue weighted by Crippen LogP contribution is 2.57. The quantitative estimate of drug-likeness (QED) is 0.785. The summed E-state index contributed by atoms with van der Waals surface area (Å²) in [6, 6.07) is 0. The molecule has 1 fully saturated rings. The number of halogens is 3. The molecule has 10 heteroatoms. The standard InChI is InChI=1S/C13H15NO3S.C2HF3O2/c1-2-17-13(16)9-8-6-3-4-7(5-6)10(8)18-11(9)12(14)15;3-2(4,5)1(6)7/h6-7H,2-5H2,1H3,(H2,14,15);(H,6,7). The fourth-order valence-electron chi connectivity index (χ4n) is 3.23. The molecule has 2 unspecified atom stereocenters. The number of thiophene rings is 1. The number of carboxylic acids is 1. The van der Waals surface area contributed by atoms with Crippen LogP contribution in [-0.2, 0) is 9.53 Å². The van der Waals surface area contributed by atoms with Crippen LogP contribution in [0, 0.1) is 0 Å². The van der Waals surface area contributed by atoms with Gasteiger partial charge in [-0.25, -0.2) is 9.59 Å². The van der Waals surface area contributed by atoms with Gasteiger partial charge in [0.15, 0.2) is 0 Å². The molecule has 3 rings (SSSR count). The highest BCUT2D eigenvalue weighted by atomic mass is 32.1. The van der Waals surface area contributed by atoms with Crippen LogP contribution in [0.3, 0.4) is 0 Å². The van der Waals surface area contributed by atoms with Crippen LogP contribution in [0.4, 0.5) is 13.2 Å². The number of nitrogens with two attached hydrogens (primary N) is 1. The van der Waals surface area contributed by atoms with Crippen LogP contribution in [0.15, 0.2) is 0 Å². The first-order valence-electron chi connectivity index (χ1n) is 7.51. The maximum Gasteiger partial charge on any atom is 0.490 e. The van der Waals surface area contributed by atoms with Crippen molar-refractivity contribution >= 4 is 29.2 Å². The lowest BCUT2D eigenvalue weighted by Gasteiger charge is -2.12. The number of hydrogen-bond donors (Lipinski definition) is 2. The second-order valence-corrected chi connectivity index (χ2v) is 6.73. The Labute approximate surface area is 144 Å². The van der Waals surface area contributed by atoms with Crippen molar-refractivity contribution in [2.75, 3.05) is 6.61 Å².